The fourth-order valence-corrected chi connectivity index (χ4v) is 15.8. The molecule has 2 aromatic carbocycles. The number of ether oxygens (including phenoxy) is 5. The fraction of sp³-hybridized carbons (Fsp3) is 0.462. The monoisotopic (exact) mass is 1250 g/mol. The lowest BCUT2D eigenvalue weighted by Crippen LogP contribution is -2.70. The number of esters is 3. The molecule has 4 aromatic rings. The molecule has 23 nitrogen and oxygen atoms in total. The van der Waals surface area contributed by atoms with Crippen LogP contribution in [0.4, 0.5) is 11.4 Å². The molecule has 0 N–H and O–H groups in total. The van der Waals surface area contributed by atoms with Gasteiger partial charge in [-0.15, -0.1) is 23.5 Å². The summed E-state index contributed by atoms with van der Waals surface area (Å²) in [6, 6.07) is 11.4. The quantitative estimate of drug-likeness (QED) is 0.0174. The van der Waals surface area contributed by atoms with Gasteiger partial charge in [0.2, 0.25) is 5.91 Å². The van der Waals surface area contributed by atoms with Crippen LogP contribution in [-0.4, -0.2) is 123 Å². The molecule has 416 valence electrons. The molecule has 6 heterocycles. The lowest BCUT2D eigenvalue weighted by molar-refractivity contribution is -0.385. The molecule has 79 heavy (non-hydrogen) atoms. The van der Waals surface area contributed by atoms with Crippen LogP contribution in [-0.2, 0) is 74.0 Å². The molecule has 4 aliphatic heterocycles. The zero-order valence-corrected chi connectivity index (χ0v) is 47.5. The minimum absolute atomic E-state index is 0.0106. The molecule has 12 rings (SSSR count). The number of non-ortho nitro benzene ring substituents is 2. The summed E-state index contributed by atoms with van der Waals surface area (Å²) in [7, 11) is 3.32. The Bertz CT molecular complexity index is 3210. The van der Waals surface area contributed by atoms with E-state index in [2.05, 4.69) is 37.0 Å². The van der Waals surface area contributed by atoms with Gasteiger partial charge in [-0.2, -0.15) is 10.2 Å². The third kappa shape index (κ3) is 10.3. The van der Waals surface area contributed by atoms with Crippen LogP contribution in [0.3, 0.4) is 0 Å². The largest absolute Gasteiger partial charge is 0.456 e. The van der Waals surface area contributed by atoms with E-state index in [-0.39, 0.29) is 52.1 Å². The van der Waals surface area contributed by atoms with Crippen LogP contribution in [0, 0.1) is 20.2 Å². The summed E-state index contributed by atoms with van der Waals surface area (Å²) < 4.78 is 29.4. The number of hydrogen-bond donors (Lipinski definition) is 0. The highest BCUT2D eigenvalue weighted by Crippen LogP contribution is 2.62. The van der Waals surface area contributed by atoms with E-state index in [1.807, 2.05) is 9.36 Å². The normalized spacial score (nSPS) is 25.2. The third-order valence-corrected chi connectivity index (χ3v) is 20.4. The average Bonchev–Trinajstić information content (AvgIpc) is 3.77. The Morgan fingerprint density at radius 2 is 1.25 bits per heavy atom. The van der Waals surface area contributed by atoms with Crippen molar-refractivity contribution >= 4 is 103 Å². The van der Waals surface area contributed by atoms with Gasteiger partial charge in [0.1, 0.15) is 51.6 Å². The lowest BCUT2D eigenvalue weighted by atomic mass is 9.85. The van der Waals surface area contributed by atoms with Crippen molar-refractivity contribution in [2.24, 2.45) is 0 Å². The number of methoxy groups -OCH3 is 2. The maximum atomic E-state index is 13.8. The third-order valence-electron chi connectivity index (χ3n) is 15.3. The van der Waals surface area contributed by atoms with Gasteiger partial charge >= 0.3 is 17.9 Å². The first kappa shape index (κ1) is 56.0. The van der Waals surface area contributed by atoms with E-state index in [1.54, 1.807) is 25.0 Å². The van der Waals surface area contributed by atoms with E-state index in [9.17, 15) is 49.0 Å². The second kappa shape index (κ2) is 23.1. The van der Waals surface area contributed by atoms with E-state index in [4.69, 9.17) is 28.8 Å². The van der Waals surface area contributed by atoms with Crippen LogP contribution in [0.1, 0.15) is 125 Å². The highest BCUT2D eigenvalue weighted by atomic mass is 79.9. The maximum Gasteiger partial charge on any atom is 0.355 e. The Labute approximate surface area is 476 Å². The molecule has 4 bridgehead atoms. The van der Waals surface area contributed by atoms with Crippen LogP contribution >= 0.6 is 55.4 Å². The number of amides is 2. The van der Waals surface area contributed by atoms with Crippen LogP contribution in [0.15, 0.2) is 70.7 Å². The summed E-state index contributed by atoms with van der Waals surface area (Å²) in [5.41, 5.74) is 7.42. The van der Waals surface area contributed by atoms with Gasteiger partial charge in [0.05, 0.1) is 36.1 Å². The molecule has 0 radical (unpaired) electrons. The number of aldehydes is 1. The summed E-state index contributed by atoms with van der Waals surface area (Å²) in [5.74, 6) is -0.508. The number of thioether (sulfide) groups is 2. The zero-order chi connectivity index (χ0) is 56.0. The van der Waals surface area contributed by atoms with Crippen LogP contribution in [0.5, 0.6) is 0 Å². The Balaban J connectivity index is 0.000000153. The van der Waals surface area contributed by atoms with E-state index in [0.717, 1.165) is 43.4 Å². The van der Waals surface area contributed by atoms with Crippen molar-refractivity contribution in [3.63, 3.8) is 0 Å². The highest BCUT2D eigenvalue weighted by molar-refractivity contribution is 9.10. The number of carbonyl (C=O) groups is 6. The number of halogens is 2. The van der Waals surface area contributed by atoms with Crippen molar-refractivity contribution < 1.29 is 62.3 Å². The predicted octanol–water partition coefficient (Wildman–Crippen LogP) is 7.90. The highest BCUT2D eigenvalue weighted by Gasteiger charge is 2.70. The van der Waals surface area contributed by atoms with Crippen LogP contribution in [0.25, 0.3) is 0 Å². The maximum absolute atomic E-state index is 13.8. The van der Waals surface area contributed by atoms with Crippen LogP contribution in [0.2, 0.25) is 0 Å². The molecular weight excluding hydrogens is 1200 g/mol. The van der Waals surface area contributed by atoms with Gasteiger partial charge in [-0.25, -0.2) is 9.59 Å². The number of hydrogen-bond acceptors (Lipinski definition) is 19. The standard InChI is InChI=1S/C27H27BrN4O8S.C13H9BrN2O5S.C12H16N2O2/c1-14(33)40-23(21-20-16-5-6-17(11-16)22(20)30(29-21)9-10-38-2)27(28)25(35)31-19(13-41-26(27)31)24(34)39-12-15-3-7-18(8-4-15)32(36)37;14-10-11(17)15-9(6-22-12(10)15)13(18)21-5-7-1-3-8(4-2-7)16(19)20;1-16-5-4-14-12-9-3-2-8(6-9)11(12)10(7-15)13-14/h3-4,7-8,13,16-17,23,26H,5-6,9-12H2,1-2H3;1-4,6,10,12H,5H2;7-9H,2-6H2,1H3/t16?,17?,23?,26-,27?;10-,12+;/m10./s1. The van der Waals surface area contributed by atoms with E-state index < -0.39 is 49.5 Å². The smallest absolute Gasteiger partial charge is 0.355 e. The molecule has 2 aromatic heterocycles. The van der Waals surface area contributed by atoms with Crippen molar-refractivity contribution in [2.45, 2.75) is 121 Å². The summed E-state index contributed by atoms with van der Waals surface area (Å²) >= 11 is 9.56. The first-order chi connectivity index (χ1) is 38.0. The van der Waals surface area contributed by atoms with Crippen molar-refractivity contribution in [1.29, 1.82) is 0 Å². The Morgan fingerprint density at radius 3 is 1.77 bits per heavy atom. The molecule has 6 unspecified atom stereocenters. The second-order valence-corrected chi connectivity index (χ2v) is 24.1. The Hall–Kier alpha value is -6.26. The SMILES string of the molecule is COCCn1nc(C(OC(C)=O)C2(Br)C(=O)N3C(C(=O)OCc4ccc([N+](=O)[O-])cc4)=CS[C@@H]32)c2c1C1CCC2C1.COCCn1nc(C=O)c2c1C1CCC2C1.O=C(OCc1ccc([N+](=O)[O-])cc1)C1=CS[C@@H]2[C@@H](Br)C(=O)N12. The number of rotatable bonds is 18. The molecule has 2 saturated heterocycles. The first-order valence-electron chi connectivity index (χ1n) is 25.3. The molecule has 4 aliphatic carbocycles. The minimum atomic E-state index is -1.34. The van der Waals surface area contributed by atoms with Crippen LogP contribution < -0.4 is 0 Å². The van der Waals surface area contributed by atoms with Crippen molar-refractivity contribution in [1.82, 2.24) is 29.4 Å². The number of fused-ring (bicyclic) bond motifs is 12. The second-order valence-electron chi connectivity index (χ2n) is 19.9. The van der Waals surface area contributed by atoms with Gasteiger partial charge in [0, 0.05) is 90.6 Å². The number of nitro benzene ring substituents is 2. The van der Waals surface area contributed by atoms with E-state index >= 15 is 0 Å². The van der Waals surface area contributed by atoms with Gasteiger partial charge in [0.15, 0.2) is 16.7 Å². The van der Waals surface area contributed by atoms with Gasteiger partial charge in [0.25, 0.3) is 17.3 Å². The molecule has 27 heteroatoms. The van der Waals surface area contributed by atoms with Gasteiger partial charge < -0.3 is 23.7 Å². The van der Waals surface area contributed by atoms with Crippen molar-refractivity contribution in [3.8, 4) is 0 Å². The summed E-state index contributed by atoms with van der Waals surface area (Å²) in [6.45, 7) is 3.62. The zero-order valence-electron chi connectivity index (χ0n) is 42.7. The molecule has 4 fully saturated rings. The first-order valence-corrected chi connectivity index (χ1v) is 28.9. The van der Waals surface area contributed by atoms with Gasteiger partial charge in [-0.1, -0.05) is 31.9 Å². The van der Waals surface area contributed by atoms with Gasteiger partial charge in [-0.3, -0.25) is 58.6 Å². The number of nitro groups is 2. The summed E-state index contributed by atoms with van der Waals surface area (Å²) in [4.78, 5) is 96.7. The summed E-state index contributed by atoms with van der Waals surface area (Å²) in [6.07, 6.45) is 6.73. The Morgan fingerprint density at radius 1 is 0.759 bits per heavy atom. The predicted molar refractivity (Wildman–Crippen MR) is 290 cm³/mol. The van der Waals surface area contributed by atoms with E-state index in [0.29, 0.717) is 65.9 Å². The van der Waals surface area contributed by atoms with Gasteiger partial charge in [-0.05, 0) is 85.8 Å². The van der Waals surface area contributed by atoms with Crippen molar-refractivity contribution in [3.05, 3.63) is 136 Å². The minimum Gasteiger partial charge on any atom is -0.456 e. The lowest BCUT2D eigenvalue weighted by Gasteiger charge is -2.51. The molecule has 2 amide bonds. The number of benzene rings is 2. The molecule has 8 aliphatic rings. The van der Waals surface area contributed by atoms with Crippen molar-refractivity contribution in [2.75, 3.05) is 27.4 Å². The number of alkyl halides is 2. The molecule has 0 spiro atoms. The Kier molecular flexibility index (Phi) is 16.4. The number of β-lactam (4-membered cyclic amide) rings is 2. The summed E-state index contributed by atoms with van der Waals surface area (Å²) in [5, 5.41) is 33.2. The number of carbonyl (C=O) groups excluding carboxylic acids is 6. The topological polar surface area (TPSA) is 277 Å². The fourth-order valence-electron chi connectivity index (χ4n) is 11.7. The number of nitrogens with zero attached hydrogens (tertiary/aromatic N) is 8. The molecular formula is C52H52Br2N8O15S2. The number of aromatic nitrogens is 4. The average molecular weight is 1250 g/mol. The molecule has 9 atom stereocenters. The van der Waals surface area contributed by atoms with E-state index in [1.165, 1.54) is 119 Å². The molecule has 2 saturated carbocycles.